The second-order valence-corrected chi connectivity index (χ2v) is 7.34. The van der Waals surface area contributed by atoms with E-state index in [0.717, 1.165) is 24.3 Å². The van der Waals surface area contributed by atoms with Gasteiger partial charge in [0.25, 0.3) is 0 Å². The van der Waals surface area contributed by atoms with Crippen LogP contribution >= 0.6 is 35.0 Å². The lowest BCUT2D eigenvalue weighted by Gasteiger charge is -2.31. The minimum absolute atomic E-state index is 0.142. The van der Waals surface area contributed by atoms with E-state index in [2.05, 4.69) is 5.32 Å². The van der Waals surface area contributed by atoms with E-state index in [1.165, 1.54) is 0 Å². The first-order chi connectivity index (χ1) is 7.43. The van der Waals surface area contributed by atoms with Crippen molar-refractivity contribution in [2.45, 2.75) is 29.2 Å². The van der Waals surface area contributed by atoms with Crippen LogP contribution in [0.2, 0.25) is 0 Å². The van der Waals surface area contributed by atoms with Crippen LogP contribution in [0.15, 0.2) is 0 Å². The molecule has 1 heterocycles. The molecule has 1 aliphatic heterocycles. The molecule has 0 aromatic carbocycles. The molecule has 0 spiro atoms. The van der Waals surface area contributed by atoms with Crippen LogP contribution in [-0.4, -0.2) is 39.0 Å². The van der Waals surface area contributed by atoms with Crippen LogP contribution in [0.4, 0.5) is 0 Å². The zero-order valence-electron chi connectivity index (χ0n) is 8.84. The maximum Gasteiger partial charge on any atom is 0.226 e. The number of carbonyl (C=O) groups is 1. The topological polar surface area (TPSA) is 49.3 Å². The minimum atomic E-state index is -0.880. The Labute approximate surface area is 109 Å². The molecule has 1 aliphatic carbocycles. The van der Waals surface area contributed by atoms with Gasteiger partial charge >= 0.3 is 0 Å². The molecule has 1 saturated carbocycles. The highest BCUT2D eigenvalue weighted by Crippen LogP contribution is 2.53. The van der Waals surface area contributed by atoms with Crippen molar-refractivity contribution < 1.29 is 9.90 Å². The average Bonchev–Trinajstić information content (AvgIpc) is 2.86. The molecular weight excluding hydrogens is 269 g/mol. The summed E-state index contributed by atoms with van der Waals surface area (Å²) < 4.78 is -0.880. The molecule has 2 fully saturated rings. The SMILES string of the molecule is O=C(NCC1(O)CCSCC1)C1CC1(Cl)Cl. The third-order valence-corrected chi connectivity index (χ3v) is 4.98. The molecule has 0 bridgehead atoms. The predicted molar refractivity (Wildman–Crippen MR) is 67.1 cm³/mol. The summed E-state index contributed by atoms with van der Waals surface area (Å²) in [6.07, 6.45) is 1.97. The molecule has 1 atom stereocenters. The van der Waals surface area contributed by atoms with Gasteiger partial charge in [-0.1, -0.05) is 0 Å². The number of hydrogen-bond acceptors (Lipinski definition) is 3. The molecule has 0 aromatic heterocycles. The number of carbonyl (C=O) groups excluding carboxylic acids is 1. The van der Waals surface area contributed by atoms with E-state index in [9.17, 15) is 9.90 Å². The lowest BCUT2D eigenvalue weighted by Crippen LogP contribution is -2.46. The summed E-state index contributed by atoms with van der Waals surface area (Å²) in [7, 11) is 0. The molecular formula is C10H15Cl2NO2S. The molecule has 6 heteroatoms. The zero-order valence-corrected chi connectivity index (χ0v) is 11.2. The molecule has 92 valence electrons. The van der Waals surface area contributed by atoms with E-state index in [0.29, 0.717) is 13.0 Å². The van der Waals surface area contributed by atoms with Gasteiger partial charge in [0.1, 0.15) is 4.33 Å². The molecule has 1 saturated heterocycles. The minimum Gasteiger partial charge on any atom is -0.388 e. The van der Waals surface area contributed by atoms with Gasteiger partial charge in [0.15, 0.2) is 0 Å². The Morgan fingerprint density at radius 2 is 2.00 bits per heavy atom. The van der Waals surface area contributed by atoms with Crippen LogP contribution in [0, 0.1) is 5.92 Å². The highest BCUT2D eigenvalue weighted by molar-refractivity contribution is 7.99. The zero-order chi connectivity index (χ0) is 11.8. The fourth-order valence-corrected chi connectivity index (χ4v) is 3.56. The largest absolute Gasteiger partial charge is 0.388 e. The molecule has 0 aromatic rings. The van der Waals surface area contributed by atoms with Gasteiger partial charge in [-0.25, -0.2) is 0 Å². The first-order valence-electron chi connectivity index (χ1n) is 5.39. The van der Waals surface area contributed by atoms with E-state index in [1.54, 1.807) is 0 Å². The third kappa shape index (κ3) is 2.97. The molecule has 1 unspecified atom stereocenters. The second-order valence-electron chi connectivity index (χ2n) is 4.57. The number of rotatable bonds is 3. The molecule has 2 N–H and O–H groups in total. The van der Waals surface area contributed by atoms with E-state index >= 15 is 0 Å². The molecule has 3 nitrogen and oxygen atoms in total. The molecule has 1 amide bonds. The Kier molecular flexibility index (Phi) is 3.65. The fourth-order valence-electron chi connectivity index (χ4n) is 1.80. The van der Waals surface area contributed by atoms with E-state index in [-0.39, 0.29) is 11.8 Å². The monoisotopic (exact) mass is 283 g/mol. The van der Waals surface area contributed by atoms with Crippen molar-refractivity contribution in [3.05, 3.63) is 0 Å². The Morgan fingerprint density at radius 3 is 2.50 bits per heavy atom. The Bertz CT molecular complexity index is 293. The van der Waals surface area contributed by atoms with Crippen molar-refractivity contribution in [1.29, 1.82) is 0 Å². The number of thioether (sulfide) groups is 1. The summed E-state index contributed by atoms with van der Waals surface area (Å²) in [5, 5.41) is 12.9. The van der Waals surface area contributed by atoms with E-state index in [4.69, 9.17) is 23.2 Å². The van der Waals surface area contributed by atoms with Gasteiger partial charge in [0.05, 0.1) is 11.5 Å². The number of amides is 1. The molecule has 2 aliphatic rings. The first-order valence-corrected chi connectivity index (χ1v) is 7.30. The van der Waals surface area contributed by atoms with Crippen molar-refractivity contribution in [1.82, 2.24) is 5.32 Å². The summed E-state index contributed by atoms with van der Waals surface area (Å²) in [5.74, 6) is 1.45. The van der Waals surface area contributed by atoms with Crippen LogP contribution in [0.25, 0.3) is 0 Å². The first kappa shape index (κ1) is 12.8. The second kappa shape index (κ2) is 4.56. The van der Waals surface area contributed by atoms with Crippen molar-refractivity contribution in [3.63, 3.8) is 0 Å². The lowest BCUT2D eigenvalue weighted by atomic mass is 9.97. The fraction of sp³-hybridized carbons (Fsp3) is 0.900. The summed E-state index contributed by atoms with van der Waals surface area (Å²) in [4.78, 5) is 11.6. The van der Waals surface area contributed by atoms with Crippen LogP contribution in [-0.2, 0) is 4.79 Å². The molecule has 0 radical (unpaired) electrons. The van der Waals surface area contributed by atoms with Crippen molar-refractivity contribution in [2.24, 2.45) is 5.92 Å². The summed E-state index contributed by atoms with van der Waals surface area (Å²) >= 11 is 13.4. The van der Waals surface area contributed by atoms with Gasteiger partial charge in [0.2, 0.25) is 5.91 Å². The van der Waals surface area contributed by atoms with Gasteiger partial charge in [-0.3, -0.25) is 4.79 Å². The van der Waals surface area contributed by atoms with Crippen molar-refractivity contribution >= 4 is 40.9 Å². The summed E-state index contributed by atoms with van der Waals surface area (Å²) in [5.41, 5.74) is -0.739. The Morgan fingerprint density at radius 1 is 1.44 bits per heavy atom. The van der Waals surface area contributed by atoms with Gasteiger partial charge in [-0.15, -0.1) is 23.2 Å². The van der Waals surface area contributed by atoms with E-state index in [1.807, 2.05) is 11.8 Å². The van der Waals surface area contributed by atoms with Gasteiger partial charge < -0.3 is 10.4 Å². The normalized spacial score (nSPS) is 30.8. The number of aliphatic hydroxyl groups is 1. The Hall–Kier alpha value is 0.360. The van der Waals surface area contributed by atoms with E-state index < -0.39 is 9.93 Å². The highest BCUT2D eigenvalue weighted by atomic mass is 35.5. The van der Waals surface area contributed by atoms with Crippen LogP contribution in [0.1, 0.15) is 19.3 Å². The predicted octanol–water partition coefficient (Wildman–Crippen LogP) is 1.55. The van der Waals surface area contributed by atoms with Crippen LogP contribution in [0.3, 0.4) is 0 Å². The summed E-state index contributed by atoms with van der Waals surface area (Å²) in [6.45, 7) is 0.312. The maximum atomic E-state index is 11.6. The van der Waals surface area contributed by atoms with Gasteiger partial charge in [-0.2, -0.15) is 11.8 Å². The smallest absolute Gasteiger partial charge is 0.226 e. The van der Waals surface area contributed by atoms with Gasteiger partial charge in [0, 0.05) is 6.54 Å². The Balaban J connectivity index is 1.76. The molecule has 16 heavy (non-hydrogen) atoms. The number of alkyl halides is 2. The van der Waals surface area contributed by atoms with Crippen molar-refractivity contribution in [3.8, 4) is 0 Å². The number of nitrogens with one attached hydrogen (secondary N) is 1. The maximum absolute atomic E-state index is 11.6. The van der Waals surface area contributed by atoms with Crippen LogP contribution in [0.5, 0.6) is 0 Å². The van der Waals surface area contributed by atoms with Crippen molar-refractivity contribution in [2.75, 3.05) is 18.1 Å². The number of hydrogen-bond donors (Lipinski definition) is 2. The standard InChI is InChI=1S/C10H15Cl2NO2S/c11-10(12)5-7(10)8(14)13-6-9(15)1-3-16-4-2-9/h7,15H,1-6H2,(H,13,14). The number of halogens is 2. The highest BCUT2D eigenvalue weighted by Gasteiger charge is 2.56. The lowest BCUT2D eigenvalue weighted by molar-refractivity contribution is -0.123. The van der Waals surface area contributed by atoms with Crippen LogP contribution < -0.4 is 5.32 Å². The quantitative estimate of drug-likeness (QED) is 0.773. The molecule has 2 rings (SSSR count). The van der Waals surface area contributed by atoms with Gasteiger partial charge in [-0.05, 0) is 30.8 Å². The summed E-state index contributed by atoms with van der Waals surface area (Å²) in [6, 6.07) is 0. The third-order valence-electron chi connectivity index (χ3n) is 3.16. The average molecular weight is 284 g/mol.